The molecule has 1 aromatic heterocycles. The number of thioether (sulfide) groups is 1. The lowest BCUT2D eigenvalue weighted by Gasteiger charge is -2.20. The van der Waals surface area contributed by atoms with Crippen LogP contribution in [0.3, 0.4) is 0 Å². The van der Waals surface area contributed by atoms with Crippen molar-refractivity contribution >= 4 is 17.7 Å². The van der Waals surface area contributed by atoms with Gasteiger partial charge in [0.15, 0.2) is 11.0 Å². The van der Waals surface area contributed by atoms with E-state index in [1.165, 1.54) is 11.8 Å². The van der Waals surface area contributed by atoms with Gasteiger partial charge in [0.1, 0.15) is 5.75 Å². The molecule has 2 rings (SSSR count). The largest absolute Gasteiger partial charge is 0.497 e. The average Bonchev–Trinajstić information content (AvgIpc) is 2.99. The summed E-state index contributed by atoms with van der Waals surface area (Å²) in [4.78, 5) is 12.1. The van der Waals surface area contributed by atoms with E-state index in [1.807, 2.05) is 45.0 Å². The summed E-state index contributed by atoms with van der Waals surface area (Å²) in [6.07, 6.45) is 2.11. The lowest BCUT2D eigenvalue weighted by Crippen LogP contribution is -2.41. The van der Waals surface area contributed by atoms with Gasteiger partial charge in [0.2, 0.25) is 5.91 Å². The number of rotatable bonds is 8. The maximum Gasteiger partial charge on any atom is 0.230 e. The SMILES string of the molecule is CCCCn1c(SCC(=O)NC(C)(C)C)nnc1-c1ccc(OC)cc1. The monoisotopic (exact) mass is 376 g/mol. The summed E-state index contributed by atoms with van der Waals surface area (Å²) < 4.78 is 7.32. The van der Waals surface area contributed by atoms with Crippen LogP contribution in [0.25, 0.3) is 11.4 Å². The predicted molar refractivity (Wildman–Crippen MR) is 106 cm³/mol. The van der Waals surface area contributed by atoms with Gasteiger partial charge in [-0.1, -0.05) is 25.1 Å². The molecular formula is C19H28N4O2S. The third-order valence-electron chi connectivity index (χ3n) is 3.65. The summed E-state index contributed by atoms with van der Waals surface area (Å²) in [7, 11) is 1.65. The van der Waals surface area contributed by atoms with Gasteiger partial charge in [-0.3, -0.25) is 4.79 Å². The molecule has 0 atom stereocenters. The van der Waals surface area contributed by atoms with E-state index >= 15 is 0 Å². The summed E-state index contributed by atoms with van der Waals surface area (Å²) in [5, 5.41) is 12.4. The first-order chi connectivity index (χ1) is 12.3. The highest BCUT2D eigenvalue weighted by Gasteiger charge is 2.18. The number of amides is 1. The fourth-order valence-electron chi connectivity index (χ4n) is 2.45. The fourth-order valence-corrected chi connectivity index (χ4v) is 3.22. The van der Waals surface area contributed by atoms with Gasteiger partial charge in [-0.2, -0.15) is 0 Å². The first kappa shape index (κ1) is 20.3. The van der Waals surface area contributed by atoms with Crippen molar-refractivity contribution in [2.75, 3.05) is 12.9 Å². The molecule has 0 spiro atoms. The maximum absolute atomic E-state index is 12.1. The van der Waals surface area contributed by atoms with Crippen molar-refractivity contribution < 1.29 is 9.53 Å². The van der Waals surface area contributed by atoms with Crippen LogP contribution in [0.5, 0.6) is 5.75 Å². The Hall–Kier alpha value is -2.02. The van der Waals surface area contributed by atoms with E-state index in [4.69, 9.17) is 4.74 Å². The Morgan fingerprint density at radius 2 is 1.92 bits per heavy atom. The number of benzene rings is 1. The summed E-state index contributed by atoms with van der Waals surface area (Å²) >= 11 is 1.42. The van der Waals surface area contributed by atoms with Crippen LogP contribution in [0.4, 0.5) is 0 Å². The van der Waals surface area contributed by atoms with Crippen molar-refractivity contribution in [1.82, 2.24) is 20.1 Å². The molecule has 0 fully saturated rings. The molecule has 0 saturated heterocycles. The summed E-state index contributed by atoms with van der Waals surface area (Å²) in [5.41, 5.74) is 0.752. The first-order valence-electron chi connectivity index (χ1n) is 8.85. The van der Waals surface area contributed by atoms with Crippen LogP contribution in [0, 0.1) is 0 Å². The lowest BCUT2D eigenvalue weighted by molar-refractivity contribution is -0.119. The number of aromatic nitrogens is 3. The topological polar surface area (TPSA) is 69.0 Å². The Morgan fingerprint density at radius 3 is 2.50 bits per heavy atom. The molecule has 2 aromatic rings. The number of methoxy groups -OCH3 is 1. The number of hydrogen-bond acceptors (Lipinski definition) is 5. The van der Waals surface area contributed by atoms with E-state index in [0.29, 0.717) is 5.75 Å². The minimum absolute atomic E-state index is 0.00135. The van der Waals surface area contributed by atoms with Crippen molar-refractivity contribution in [2.45, 2.75) is 57.8 Å². The minimum atomic E-state index is -0.234. The molecule has 0 bridgehead atoms. The smallest absolute Gasteiger partial charge is 0.230 e. The first-order valence-corrected chi connectivity index (χ1v) is 9.84. The Morgan fingerprint density at radius 1 is 1.23 bits per heavy atom. The van der Waals surface area contributed by atoms with E-state index in [-0.39, 0.29) is 11.4 Å². The zero-order chi connectivity index (χ0) is 19.2. The van der Waals surface area contributed by atoms with E-state index < -0.39 is 0 Å². The molecular weight excluding hydrogens is 348 g/mol. The molecule has 0 saturated carbocycles. The average molecular weight is 377 g/mol. The molecule has 1 heterocycles. The van der Waals surface area contributed by atoms with Crippen molar-refractivity contribution in [3.63, 3.8) is 0 Å². The second-order valence-electron chi connectivity index (χ2n) is 7.13. The molecule has 7 heteroatoms. The summed E-state index contributed by atoms with van der Waals surface area (Å²) in [5.74, 6) is 1.95. The molecule has 1 aromatic carbocycles. The third-order valence-corrected chi connectivity index (χ3v) is 4.61. The van der Waals surface area contributed by atoms with Crippen LogP contribution in [0.2, 0.25) is 0 Å². The number of nitrogens with zero attached hydrogens (tertiary/aromatic N) is 3. The predicted octanol–water partition coefficient (Wildman–Crippen LogP) is 3.76. The number of ether oxygens (including phenoxy) is 1. The lowest BCUT2D eigenvalue weighted by atomic mass is 10.1. The summed E-state index contributed by atoms with van der Waals surface area (Å²) in [6, 6.07) is 7.79. The molecule has 1 N–H and O–H groups in total. The van der Waals surface area contributed by atoms with Crippen LogP contribution >= 0.6 is 11.8 Å². The van der Waals surface area contributed by atoms with Gasteiger partial charge < -0.3 is 14.6 Å². The van der Waals surface area contributed by atoms with Gasteiger partial charge in [-0.25, -0.2) is 0 Å². The quantitative estimate of drug-likeness (QED) is 0.711. The van der Waals surface area contributed by atoms with Gasteiger partial charge in [0, 0.05) is 17.6 Å². The van der Waals surface area contributed by atoms with Crippen molar-refractivity contribution in [1.29, 1.82) is 0 Å². The Balaban J connectivity index is 2.18. The van der Waals surface area contributed by atoms with E-state index in [1.54, 1.807) is 7.11 Å². The van der Waals surface area contributed by atoms with Gasteiger partial charge in [-0.15, -0.1) is 10.2 Å². The van der Waals surface area contributed by atoms with E-state index in [0.717, 1.165) is 41.7 Å². The van der Waals surface area contributed by atoms with Crippen LogP contribution in [0.15, 0.2) is 29.4 Å². The third kappa shape index (κ3) is 5.76. The summed E-state index contributed by atoms with van der Waals surface area (Å²) in [6.45, 7) is 8.90. The number of carbonyl (C=O) groups is 1. The molecule has 26 heavy (non-hydrogen) atoms. The van der Waals surface area contributed by atoms with Crippen molar-refractivity contribution in [3.05, 3.63) is 24.3 Å². The minimum Gasteiger partial charge on any atom is -0.497 e. The fraction of sp³-hybridized carbons (Fsp3) is 0.526. The van der Waals surface area contributed by atoms with Crippen LogP contribution in [-0.2, 0) is 11.3 Å². The second kappa shape index (κ2) is 9.07. The highest BCUT2D eigenvalue weighted by Crippen LogP contribution is 2.26. The van der Waals surface area contributed by atoms with Gasteiger partial charge in [0.25, 0.3) is 0 Å². The van der Waals surface area contributed by atoms with Crippen molar-refractivity contribution in [3.8, 4) is 17.1 Å². The zero-order valence-corrected chi connectivity index (χ0v) is 17.0. The molecule has 0 aliphatic carbocycles. The zero-order valence-electron chi connectivity index (χ0n) is 16.2. The van der Waals surface area contributed by atoms with Gasteiger partial charge in [-0.05, 0) is 51.5 Å². The Labute approximate surface area is 159 Å². The Kier molecular flexibility index (Phi) is 7.08. The normalized spacial score (nSPS) is 11.4. The number of nitrogens with one attached hydrogen (secondary N) is 1. The highest BCUT2D eigenvalue weighted by molar-refractivity contribution is 7.99. The number of hydrogen-bond donors (Lipinski definition) is 1. The van der Waals surface area contributed by atoms with Crippen molar-refractivity contribution in [2.24, 2.45) is 0 Å². The molecule has 1 amide bonds. The van der Waals surface area contributed by atoms with Crippen LogP contribution in [0.1, 0.15) is 40.5 Å². The van der Waals surface area contributed by atoms with Crippen LogP contribution in [-0.4, -0.2) is 39.1 Å². The van der Waals surface area contributed by atoms with E-state index in [9.17, 15) is 4.79 Å². The standard InChI is InChI=1S/C19H28N4O2S/c1-6-7-12-23-17(14-8-10-15(25-5)11-9-14)21-22-18(23)26-13-16(24)20-19(2,3)4/h8-11H,6-7,12-13H2,1-5H3,(H,20,24). The molecule has 0 unspecified atom stereocenters. The van der Waals surface area contributed by atoms with E-state index in [2.05, 4.69) is 27.0 Å². The molecule has 0 aliphatic heterocycles. The molecule has 142 valence electrons. The molecule has 6 nitrogen and oxygen atoms in total. The Bertz CT molecular complexity index is 720. The maximum atomic E-state index is 12.1. The second-order valence-corrected chi connectivity index (χ2v) is 8.07. The van der Waals surface area contributed by atoms with Gasteiger partial charge >= 0.3 is 0 Å². The number of unbranched alkanes of at least 4 members (excludes halogenated alkanes) is 1. The highest BCUT2D eigenvalue weighted by atomic mass is 32.2. The van der Waals surface area contributed by atoms with Crippen LogP contribution < -0.4 is 10.1 Å². The molecule has 0 radical (unpaired) electrons. The van der Waals surface area contributed by atoms with Gasteiger partial charge in [0.05, 0.1) is 12.9 Å². The number of carbonyl (C=O) groups excluding carboxylic acids is 1. The molecule has 0 aliphatic rings.